The molecule has 0 saturated heterocycles. The number of rotatable bonds is 5. The van der Waals surface area contributed by atoms with Crippen LogP contribution >= 0.6 is 23.1 Å². The third kappa shape index (κ3) is 2.96. The van der Waals surface area contributed by atoms with E-state index in [0.29, 0.717) is 6.42 Å². The van der Waals surface area contributed by atoms with E-state index >= 15 is 0 Å². The van der Waals surface area contributed by atoms with E-state index in [4.69, 9.17) is 11.1 Å². The zero-order valence-electron chi connectivity index (χ0n) is 8.77. The summed E-state index contributed by atoms with van der Waals surface area (Å²) >= 11 is 3.47. The highest BCUT2D eigenvalue weighted by Crippen LogP contribution is 2.29. The van der Waals surface area contributed by atoms with Gasteiger partial charge < -0.3 is 5.73 Å². The maximum absolute atomic E-state index is 7.12. The fourth-order valence-corrected chi connectivity index (χ4v) is 3.41. The van der Waals surface area contributed by atoms with Crippen molar-refractivity contribution in [1.29, 1.82) is 5.41 Å². The van der Waals surface area contributed by atoms with Crippen molar-refractivity contribution in [2.75, 3.05) is 5.75 Å². The smallest absolute Gasteiger partial charge is 0.151 e. The summed E-state index contributed by atoms with van der Waals surface area (Å²) in [5.74, 6) is 1.24. The maximum atomic E-state index is 7.12. The molecule has 0 bridgehead atoms. The van der Waals surface area contributed by atoms with Crippen LogP contribution in [0.3, 0.4) is 0 Å². The first-order valence-electron chi connectivity index (χ1n) is 5.07. The molecule has 16 heavy (non-hydrogen) atoms. The molecule has 0 aliphatic rings. The Morgan fingerprint density at radius 1 is 1.44 bits per heavy atom. The summed E-state index contributed by atoms with van der Waals surface area (Å²) in [6.07, 6.45) is 1.62. The Morgan fingerprint density at radius 3 is 3.00 bits per heavy atom. The molecule has 2 rings (SSSR count). The lowest BCUT2D eigenvalue weighted by atomic mass is 10.3. The minimum atomic E-state index is 0.268. The van der Waals surface area contributed by atoms with Crippen LogP contribution < -0.4 is 5.73 Å². The quantitative estimate of drug-likeness (QED) is 0.371. The molecule has 0 fully saturated rings. The first-order valence-corrected chi connectivity index (χ1v) is 6.87. The van der Waals surface area contributed by atoms with Gasteiger partial charge in [-0.05, 0) is 18.6 Å². The number of nitrogens with two attached hydrogens (primary N) is 1. The first kappa shape index (κ1) is 11.4. The SMILES string of the molecule is N=C(N)CCCSc1nc2ccccc2s1. The van der Waals surface area contributed by atoms with E-state index in [-0.39, 0.29) is 5.84 Å². The summed E-state index contributed by atoms with van der Waals surface area (Å²) in [4.78, 5) is 4.53. The number of thiazole rings is 1. The van der Waals surface area contributed by atoms with Gasteiger partial charge in [-0.25, -0.2) is 4.98 Å². The van der Waals surface area contributed by atoms with Crippen molar-refractivity contribution in [1.82, 2.24) is 4.98 Å². The number of nitrogens with zero attached hydrogens (tertiary/aromatic N) is 1. The molecular weight excluding hydrogens is 238 g/mol. The van der Waals surface area contributed by atoms with Crippen LogP contribution in [-0.4, -0.2) is 16.6 Å². The van der Waals surface area contributed by atoms with Crippen molar-refractivity contribution >= 4 is 39.2 Å². The molecule has 0 aliphatic heterocycles. The second-order valence-corrected chi connectivity index (χ2v) is 5.80. The summed E-state index contributed by atoms with van der Waals surface area (Å²) in [6.45, 7) is 0. The van der Waals surface area contributed by atoms with E-state index in [9.17, 15) is 0 Å². The van der Waals surface area contributed by atoms with Gasteiger partial charge in [0.1, 0.15) is 0 Å². The molecule has 0 aliphatic carbocycles. The molecule has 0 spiro atoms. The van der Waals surface area contributed by atoms with Gasteiger partial charge in [0.25, 0.3) is 0 Å². The van der Waals surface area contributed by atoms with E-state index in [1.807, 2.05) is 18.2 Å². The molecule has 1 aromatic heterocycles. The van der Waals surface area contributed by atoms with Gasteiger partial charge >= 0.3 is 0 Å². The van der Waals surface area contributed by atoms with Gasteiger partial charge in [0.05, 0.1) is 16.1 Å². The number of nitrogens with one attached hydrogen (secondary N) is 1. The standard InChI is InChI=1S/C11H13N3S2/c12-10(13)6-3-7-15-11-14-8-4-1-2-5-9(8)16-11/h1-2,4-5H,3,6-7H2,(H3,12,13). The van der Waals surface area contributed by atoms with Gasteiger partial charge in [-0.15, -0.1) is 11.3 Å². The van der Waals surface area contributed by atoms with Crippen LogP contribution in [0.25, 0.3) is 10.2 Å². The normalized spacial score (nSPS) is 10.8. The number of hydrogen-bond acceptors (Lipinski definition) is 4. The van der Waals surface area contributed by atoms with Crippen molar-refractivity contribution in [2.45, 2.75) is 17.2 Å². The van der Waals surface area contributed by atoms with Crippen molar-refractivity contribution in [3.8, 4) is 0 Å². The molecule has 3 nitrogen and oxygen atoms in total. The minimum absolute atomic E-state index is 0.268. The van der Waals surface area contributed by atoms with E-state index in [1.54, 1.807) is 23.1 Å². The number of amidine groups is 1. The lowest BCUT2D eigenvalue weighted by Crippen LogP contribution is -2.08. The number of hydrogen-bond donors (Lipinski definition) is 2. The average molecular weight is 251 g/mol. The number of thioether (sulfide) groups is 1. The molecule has 0 unspecified atom stereocenters. The zero-order chi connectivity index (χ0) is 11.4. The van der Waals surface area contributed by atoms with E-state index in [1.165, 1.54) is 4.70 Å². The summed E-state index contributed by atoms with van der Waals surface area (Å²) < 4.78 is 2.33. The lowest BCUT2D eigenvalue weighted by molar-refractivity contribution is 0.988. The predicted molar refractivity (Wildman–Crippen MR) is 71.5 cm³/mol. The van der Waals surface area contributed by atoms with Crippen LogP contribution in [0.1, 0.15) is 12.8 Å². The molecule has 0 radical (unpaired) electrons. The third-order valence-corrected chi connectivity index (χ3v) is 4.36. The molecule has 1 aromatic carbocycles. The van der Waals surface area contributed by atoms with Gasteiger partial charge in [-0.2, -0.15) is 0 Å². The first-order chi connectivity index (χ1) is 7.75. The Morgan fingerprint density at radius 2 is 2.25 bits per heavy atom. The number of aromatic nitrogens is 1. The van der Waals surface area contributed by atoms with Crippen LogP contribution in [0, 0.1) is 5.41 Å². The molecule has 84 valence electrons. The van der Waals surface area contributed by atoms with Crippen molar-refractivity contribution in [2.24, 2.45) is 5.73 Å². The molecule has 2 aromatic rings. The fourth-order valence-electron chi connectivity index (χ4n) is 1.33. The molecule has 0 saturated carbocycles. The van der Waals surface area contributed by atoms with Gasteiger partial charge in [0, 0.05) is 12.2 Å². The van der Waals surface area contributed by atoms with Crippen molar-refractivity contribution in [3.05, 3.63) is 24.3 Å². The third-order valence-electron chi connectivity index (χ3n) is 2.09. The Hall–Kier alpha value is -1.07. The number of para-hydroxylation sites is 1. The Bertz CT molecular complexity index is 460. The molecule has 0 atom stereocenters. The molecule has 1 heterocycles. The molecule has 0 amide bonds. The summed E-state index contributed by atoms with van der Waals surface area (Å²) in [5.41, 5.74) is 6.37. The van der Waals surface area contributed by atoms with Crippen LogP contribution in [0.5, 0.6) is 0 Å². The summed E-state index contributed by atoms with van der Waals surface area (Å²) in [5, 5.41) is 7.12. The second-order valence-electron chi connectivity index (χ2n) is 3.42. The minimum Gasteiger partial charge on any atom is -0.388 e. The van der Waals surface area contributed by atoms with Crippen LogP contribution in [0.15, 0.2) is 28.6 Å². The average Bonchev–Trinajstić information content (AvgIpc) is 2.66. The van der Waals surface area contributed by atoms with Gasteiger partial charge in [-0.3, -0.25) is 5.41 Å². The molecule has 5 heteroatoms. The monoisotopic (exact) mass is 251 g/mol. The zero-order valence-corrected chi connectivity index (χ0v) is 10.4. The van der Waals surface area contributed by atoms with Crippen molar-refractivity contribution < 1.29 is 0 Å². The summed E-state index contributed by atoms with van der Waals surface area (Å²) in [7, 11) is 0. The van der Waals surface area contributed by atoms with E-state index in [2.05, 4.69) is 11.1 Å². The largest absolute Gasteiger partial charge is 0.388 e. The van der Waals surface area contributed by atoms with Crippen molar-refractivity contribution in [3.63, 3.8) is 0 Å². The highest BCUT2D eigenvalue weighted by molar-refractivity contribution is 8.01. The highest BCUT2D eigenvalue weighted by Gasteiger charge is 2.03. The van der Waals surface area contributed by atoms with Gasteiger partial charge in [0.15, 0.2) is 4.34 Å². The maximum Gasteiger partial charge on any atom is 0.151 e. The highest BCUT2D eigenvalue weighted by atomic mass is 32.2. The van der Waals surface area contributed by atoms with Crippen LogP contribution in [0.4, 0.5) is 0 Å². The number of benzene rings is 1. The van der Waals surface area contributed by atoms with E-state index < -0.39 is 0 Å². The predicted octanol–water partition coefficient (Wildman–Crippen LogP) is 3.10. The van der Waals surface area contributed by atoms with Crippen LogP contribution in [0.2, 0.25) is 0 Å². The van der Waals surface area contributed by atoms with Crippen LogP contribution in [-0.2, 0) is 0 Å². The fraction of sp³-hybridized carbons (Fsp3) is 0.273. The molecule has 3 N–H and O–H groups in total. The summed E-state index contributed by atoms with van der Waals surface area (Å²) in [6, 6.07) is 8.16. The Kier molecular flexibility index (Phi) is 3.79. The topological polar surface area (TPSA) is 62.8 Å². The number of fused-ring (bicyclic) bond motifs is 1. The van der Waals surface area contributed by atoms with Gasteiger partial charge in [0.2, 0.25) is 0 Å². The second kappa shape index (κ2) is 5.32. The molecular formula is C11H13N3S2. The lowest BCUT2D eigenvalue weighted by Gasteiger charge is -1.96. The van der Waals surface area contributed by atoms with E-state index in [0.717, 1.165) is 22.0 Å². The van der Waals surface area contributed by atoms with Gasteiger partial charge in [-0.1, -0.05) is 23.9 Å². The Balaban J connectivity index is 1.92. The Labute approximate surface area is 103 Å².